The third kappa shape index (κ3) is 4.57. The number of nitrogen functional groups attached to an aromatic ring is 1. The fourth-order valence-electron chi connectivity index (χ4n) is 2.12. The highest BCUT2D eigenvalue weighted by atomic mass is 16.6. The number of carboxylic acids is 1. The minimum Gasteiger partial charge on any atom is -0.478 e. The molecule has 0 atom stereocenters. The molecule has 0 aliphatic rings. The normalized spacial score (nSPS) is 10.0. The first-order valence-electron chi connectivity index (χ1n) is 7.84. The van der Waals surface area contributed by atoms with Crippen LogP contribution in [0.15, 0.2) is 72.8 Å². The molecule has 7 heteroatoms. The zero-order valence-electron chi connectivity index (χ0n) is 13.8. The molecule has 0 radical (unpaired) electrons. The Labute approximate surface area is 150 Å². The molecule has 0 amide bonds. The number of aromatic carboxylic acids is 1. The molecule has 0 heterocycles. The van der Waals surface area contributed by atoms with E-state index in [2.05, 4.69) is 16.3 Å². The van der Waals surface area contributed by atoms with Gasteiger partial charge in [-0.2, -0.15) is 0 Å². The number of anilines is 4. The van der Waals surface area contributed by atoms with Gasteiger partial charge in [0.05, 0.1) is 22.6 Å². The number of rotatable bonds is 7. The fraction of sp³-hybridized carbons (Fsp3) is 0. The molecule has 6 N–H and O–H groups in total. The lowest BCUT2D eigenvalue weighted by Gasteiger charge is -2.11. The maximum atomic E-state index is 10.8. The van der Waals surface area contributed by atoms with Crippen molar-refractivity contribution in [2.45, 2.75) is 0 Å². The molecule has 3 aromatic carbocycles. The standard InChI is InChI=1S/C19H18N4O3/c20-14-3-7-15(8-4-14)21-22-16-9-11-18(12-10-16)26-23-17-5-1-13(2-6-17)19(24)25/h1-12,21-23H,20H2,(H,24,25). The molecule has 26 heavy (non-hydrogen) atoms. The molecular weight excluding hydrogens is 332 g/mol. The lowest BCUT2D eigenvalue weighted by Crippen LogP contribution is -2.09. The largest absolute Gasteiger partial charge is 0.478 e. The van der Waals surface area contributed by atoms with Crippen molar-refractivity contribution < 1.29 is 14.7 Å². The Bertz CT molecular complexity index is 863. The molecule has 7 nitrogen and oxygen atoms in total. The minimum absolute atomic E-state index is 0.222. The number of benzene rings is 3. The molecule has 0 spiro atoms. The number of nitrogens with one attached hydrogen (secondary N) is 3. The van der Waals surface area contributed by atoms with Crippen LogP contribution in [-0.4, -0.2) is 11.1 Å². The first-order valence-corrected chi connectivity index (χ1v) is 7.84. The Kier molecular flexibility index (Phi) is 5.09. The second-order valence-corrected chi connectivity index (χ2v) is 5.48. The van der Waals surface area contributed by atoms with Crippen molar-refractivity contribution in [1.82, 2.24) is 0 Å². The van der Waals surface area contributed by atoms with Gasteiger partial charge in [0.2, 0.25) is 0 Å². The van der Waals surface area contributed by atoms with Crippen LogP contribution < -0.4 is 26.9 Å². The van der Waals surface area contributed by atoms with Gasteiger partial charge in [-0.15, -0.1) is 0 Å². The molecular formula is C19H18N4O3. The summed E-state index contributed by atoms with van der Waals surface area (Å²) >= 11 is 0. The molecule has 0 aromatic heterocycles. The van der Waals surface area contributed by atoms with E-state index < -0.39 is 5.97 Å². The zero-order valence-corrected chi connectivity index (χ0v) is 13.8. The maximum absolute atomic E-state index is 10.8. The number of hydrogen-bond acceptors (Lipinski definition) is 6. The number of hydrogen-bond donors (Lipinski definition) is 5. The van der Waals surface area contributed by atoms with Crippen molar-refractivity contribution in [1.29, 1.82) is 0 Å². The SMILES string of the molecule is Nc1ccc(NNc2ccc(ONc3ccc(C(=O)O)cc3)cc2)cc1. The highest BCUT2D eigenvalue weighted by Gasteiger charge is 2.02. The molecule has 132 valence electrons. The summed E-state index contributed by atoms with van der Waals surface area (Å²) in [5.41, 5.74) is 17.9. The summed E-state index contributed by atoms with van der Waals surface area (Å²) in [5.74, 6) is -0.349. The van der Waals surface area contributed by atoms with Crippen LogP contribution in [0.4, 0.5) is 22.7 Å². The lowest BCUT2D eigenvalue weighted by atomic mass is 10.2. The highest BCUT2D eigenvalue weighted by molar-refractivity contribution is 5.87. The van der Waals surface area contributed by atoms with E-state index in [0.717, 1.165) is 11.4 Å². The number of hydrazine groups is 1. The van der Waals surface area contributed by atoms with E-state index in [9.17, 15) is 4.79 Å². The average Bonchev–Trinajstić information content (AvgIpc) is 2.67. The summed E-state index contributed by atoms with van der Waals surface area (Å²) in [6, 6.07) is 21.0. The van der Waals surface area contributed by atoms with E-state index in [-0.39, 0.29) is 5.56 Å². The molecule has 0 saturated carbocycles. The van der Waals surface area contributed by atoms with Crippen molar-refractivity contribution in [2.75, 3.05) is 22.1 Å². The van der Waals surface area contributed by atoms with E-state index in [1.807, 2.05) is 36.4 Å². The maximum Gasteiger partial charge on any atom is 0.335 e. The minimum atomic E-state index is -0.965. The van der Waals surface area contributed by atoms with Gasteiger partial charge in [0.1, 0.15) is 0 Å². The molecule has 0 fully saturated rings. The molecule has 0 bridgehead atoms. The topological polar surface area (TPSA) is 109 Å². The zero-order chi connectivity index (χ0) is 18.4. The van der Waals surface area contributed by atoms with Gasteiger partial charge < -0.3 is 26.5 Å². The van der Waals surface area contributed by atoms with E-state index in [1.165, 1.54) is 12.1 Å². The Morgan fingerprint density at radius 1 is 0.769 bits per heavy atom. The first-order chi connectivity index (χ1) is 12.6. The monoisotopic (exact) mass is 350 g/mol. The van der Waals surface area contributed by atoms with E-state index in [0.29, 0.717) is 17.1 Å². The van der Waals surface area contributed by atoms with Crippen molar-refractivity contribution in [3.8, 4) is 5.75 Å². The van der Waals surface area contributed by atoms with Gasteiger partial charge in [0.15, 0.2) is 5.75 Å². The smallest absolute Gasteiger partial charge is 0.335 e. The molecule has 0 aliphatic heterocycles. The third-order valence-electron chi connectivity index (χ3n) is 3.53. The quantitative estimate of drug-likeness (QED) is 0.326. The van der Waals surface area contributed by atoms with Crippen molar-refractivity contribution in [2.24, 2.45) is 0 Å². The van der Waals surface area contributed by atoms with Crippen molar-refractivity contribution >= 4 is 28.7 Å². The van der Waals surface area contributed by atoms with Crippen molar-refractivity contribution in [3.05, 3.63) is 78.4 Å². The second kappa shape index (κ2) is 7.80. The summed E-state index contributed by atoms with van der Waals surface area (Å²) in [7, 11) is 0. The predicted octanol–water partition coefficient (Wildman–Crippen LogP) is 3.81. The Hall–Kier alpha value is -3.87. The Morgan fingerprint density at radius 2 is 1.27 bits per heavy atom. The molecule has 0 aliphatic carbocycles. The number of carboxylic acid groups (broad SMARTS) is 1. The summed E-state index contributed by atoms with van der Waals surface area (Å²) in [6.07, 6.45) is 0. The van der Waals surface area contributed by atoms with E-state index in [4.69, 9.17) is 15.7 Å². The van der Waals surface area contributed by atoms with Crippen LogP contribution in [0.25, 0.3) is 0 Å². The molecule has 0 saturated heterocycles. The van der Waals surface area contributed by atoms with Crippen LogP contribution in [0.1, 0.15) is 10.4 Å². The number of nitrogens with two attached hydrogens (primary N) is 1. The number of carbonyl (C=O) groups is 1. The average molecular weight is 350 g/mol. The molecule has 0 unspecified atom stereocenters. The fourth-order valence-corrected chi connectivity index (χ4v) is 2.12. The van der Waals surface area contributed by atoms with Gasteiger partial charge in [0, 0.05) is 5.69 Å². The van der Waals surface area contributed by atoms with E-state index >= 15 is 0 Å². The lowest BCUT2D eigenvalue weighted by molar-refractivity contribution is 0.0697. The molecule has 3 rings (SSSR count). The van der Waals surface area contributed by atoms with Gasteiger partial charge in [-0.3, -0.25) is 0 Å². The summed E-state index contributed by atoms with van der Waals surface area (Å²) in [5, 5.41) is 8.87. The second-order valence-electron chi connectivity index (χ2n) is 5.48. The van der Waals surface area contributed by atoms with Crippen LogP contribution in [-0.2, 0) is 0 Å². The van der Waals surface area contributed by atoms with Crippen molar-refractivity contribution in [3.63, 3.8) is 0 Å². The van der Waals surface area contributed by atoms with E-state index in [1.54, 1.807) is 24.3 Å². The highest BCUT2D eigenvalue weighted by Crippen LogP contribution is 2.18. The Balaban J connectivity index is 1.50. The first kappa shape index (κ1) is 17.0. The van der Waals surface area contributed by atoms with Crippen LogP contribution in [0.5, 0.6) is 5.75 Å². The van der Waals surface area contributed by atoms with Gasteiger partial charge in [-0.05, 0) is 72.8 Å². The van der Waals surface area contributed by atoms with Crippen LogP contribution in [0, 0.1) is 0 Å². The van der Waals surface area contributed by atoms with Crippen LogP contribution >= 0.6 is 0 Å². The van der Waals surface area contributed by atoms with Gasteiger partial charge in [-0.25, -0.2) is 10.3 Å². The van der Waals surface area contributed by atoms with Gasteiger partial charge in [-0.1, -0.05) is 0 Å². The van der Waals surface area contributed by atoms with Crippen LogP contribution in [0.2, 0.25) is 0 Å². The third-order valence-corrected chi connectivity index (χ3v) is 3.53. The summed E-state index contributed by atoms with van der Waals surface area (Å²) < 4.78 is 0. The van der Waals surface area contributed by atoms with Crippen LogP contribution in [0.3, 0.4) is 0 Å². The van der Waals surface area contributed by atoms with Gasteiger partial charge >= 0.3 is 5.97 Å². The predicted molar refractivity (Wildman–Crippen MR) is 102 cm³/mol. The summed E-state index contributed by atoms with van der Waals surface area (Å²) in [6.45, 7) is 0. The Morgan fingerprint density at radius 3 is 1.81 bits per heavy atom. The van der Waals surface area contributed by atoms with Gasteiger partial charge in [0.25, 0.3) is 0 Å². The summed E-state index contributed by atoms with van der Waals surface area (Å²) in [4.78, 5) is 16.3. The molecule has 3 aromatic rings.